The molecule has 0 aliphatic rings. The number of hydrogen-bond acceptors (Lipinski definition) is 4. The van der Waals surface area contributed by atoms with Crippen LogP contribution < -0.4 is 5.32 Å². The number of methoxy groups -OCH3 is 2. The van der Waals surface area contributed by atoms with Crippen LogP contribution in [0.4, 0.5) is 0 Å². The van der Waals surface area contributed by atoms with Crippen molar-refractivity contribution in [3.05, 3.63) is 35.4 Å². The minimum Gasteiger partial charge on any atom is -0.385 e. The van der Waals surface area contributed by atoms with E-state index in [4.69, 9.17) is 14.2 Å². The van der Waals surface area contributed by atoms with E-state index in [9.17, 15) is 0 Å². The zero-order valence-electron chi connectivity index (χ0n) is 12.0. The summed E-state index contributed by atoms with van der Waals surface area (Å²) in [6.07, 6.45) is 0.954. The Morgan fingerprint density at radius 1 is 1.00 bits per heavy atom. The van der Waals surface area contributed by atoms with Crippen LogP contribution in [0, 0.1) is 0 Å². The molecule has 0 aliphatic heterocycles. The number of rotatable bonds is 11. The minimum atomic E-state index is 0.663. The maximum atomic E-state index is 5.47. The minimum absolute atomic E-state index is 0.663. The highest BCUT2D eigenvalue weighted by Gasteiger charge is 1.96. The van der Waals surface area contributed by atoms with Crippen LogP contribution in [0.5, 0.6) is 0 Å². The summed E-state index contributed by atoms with van der Waals surface area (Å²) < 4.78 is 15.5. The van der Waals surface area contributed by atoms with Gasteiger partial charge in [-0.05, 0) is 17.5 Å². The molecule has 0 amide bonds. The molecule has 0 saturated carbocycles. The third-order valence-corrected chi connectivity index (χ3v) is 2.69. The van der Waals surface area contributed by atoms with E-state index in [0.29, 0.717) is 6.61 Å². The van der Waals surface area contributed by atoms with Gasteiger partial charge in [0.1, 0.15) is 0 Å². The van der Waals surface area contributed by atoms with Crippen LogP contribution >= 0.6 is 0 Å². The lowest BCUT2D eigenvalue weighted by atomic mass is 10.1. The van der Waals surface area contributed by atoms with E-state index in [-0.39, 0.29) is 0 Å². The molecule has 4 heteroatoms. The van der Waals surface area contributed by atoms with E-state index < -0.39 is 0 Å². The van der Waals surface area contributed by atoms with Crippen LogP contribution in [0.3, 0.4) is 0 Å². The summed E-state index contributed by atoms with van der Waals surface area (Å²) in [5.74, 6) is 0. The number of benzene rings is 1. The summed E-state index contributed by atoms with van der Waals surface area (Å²) in [4.78, 5) is 0. The zero-order valence-corrected chi connectivity index (χ0v) is 12.0. The Morgan fingerprint density at radius 3 is 2.63 bits per heavy atom. The van der Waals surface area contributed by atoms with Gasteiger partial charge in [0.15, 0.2) is 0 Å². The van der Waals surface area contributed by atoms with Gasteiger partial charge in [0.2, 0.25) is 0 Å². The standard InChI is InChI=1S/C15H25NO3/c1-17-8-4-9-19-10-7-16-12-14-5-3-6-15(11-14)13-18-2/h3,5-6,11,16H,4,7-10,12-13H2,1-2H3. The van der Waals surface area contributed by atoms with Crippen molar-refractivity contribution in [2.24, 2.45) is 0 Å². The lowest BCUT2D eigenvalue weighted by Gasteiger charge is -2.07. The molecule has 1 aromatic rings. The third-order valence-electron chi connectivity index (χ3n) is 2.69. The summed E-state index contributed by atoms with van der Waals surface area (Å²) in [6, 6.07) is 8.42. The first-order chi connectivity index (χ1) is 9.36. The second kappa shape index (κ2) is 10.9. The van der Waals surface area contributed by atoms with Crippen LogP contribution in [-0.2, 0) is 27.4 Å². The molecule has 1 N–H and O–H groups in total. The summed E-state index contributed by atoms with van der Waals surface area (Å²) >= 11 is 0. The number of hydrogen-bond donors (Lipinski definition) is 1. The summed E-state index contributed by atoms with van der Waals surface area (Å²) in [7, 11) is 3.42. The maximum Gasteiger partial charge on any atom is 0.0713 e. The molecular formula is C15H25NO3. The Bertz CT molecular complexity index is 331. The lowest BCUT2D eigenvalue weighted by Crippen LogP contribution is -2.19. The van der Waals surface area contributed by atoms with Crippen LogP contribution in [0.25, 0.3) is 0 Å². The molecule has 0 fully saturated rings. The summed E-state index contributed by atoms with van der Waals surface area (Å²) in [5.41, 5.74) is 2.48. The SMILES string of the molecule is COCCCOCCNCc1cccc(COC)c1. The van der Waals surface area contributed by atoms with Gasteiger partial charge in [-0.1, -0.05) is 24.3 Å². The van der Waals surface area contributed by atoms with Crippen molar-refractivity contribution >= 4 is 0 Å². The molecule has 19 heavy (non-hydrogen) atoms. The average molecular weight is 267 g/mol. The smallest absolute Gasteiger partial charge is 0.0713 e. The van der Waals surface area contributed by atoms with E-state index in [1.54, 1.807) is 14.2 Å². The molecule has 1 rings (SSSR count). The highest BCUT2D eigenvalue weighted by atomic mass is 16.5. The first-order valence-electron chi connectivity index (χ1n) is 6.71. The molecule has 0 aromatic heterocycles. The topological polar surface area (TPSA) is 39.7 Å². The number of ether oxygens (including phenoxy) is 3. The molecule has 0 atom stereocenters. The van der Waals surface area contributed by atoms with Crippen molar-refractivity contribution < 1.29 is 14.2 Å². The Kier molecular flexibility index (Phi) is 9.27. The van der Waals surface area contributed by atoms with Gasteiger partial charge in [-0.15, -0.1) is 0 Å². The highest BCUT2D eigenvalue weighted by molar-refractivity contribution is 5.22. The fraction of sp³-hybridized carbons (Fsp3) is 0.600. The van der Waals surface area contributed by atoms with Crippen molar-refractivity contribution in [3.63, 3.8) is 0 Å². The van der Waals surface area contributed by atoms with Crippen molar-refractivity contribution in [2.75, 3.05) is 40.6 Å². The Morgan fingerprint density at radius 2 is 1.84 bits per heavy atom. The van der Waals surface area contributed by atoms with Crippen LogP contribution in [0.2, 0.25) is 0 Å². The molecule has 4 nitrogen and oxygen atoms in total. The van der Waals surface area contributed by atoms with Crippen LogP contribution in [0.1, 0.15) is 17.5 Å². The highest BCUT2D eigenvalue weighted by Crippen LogP contribution is 2.05. The Hall–Kier alpha value is -0.940. The maximum absolute atomic E-state index is 5.47. The predicted molar refractivity (Wildman–Crippen MR) is 76.2 cm³/mol. The van der Waals surface area contributed by atoms with Gasteiger partial charge in [0.25, 0.3) is 0 Å². The normalized spacial score (nSPS) is 10.8. The summed E-state index contributed by atoms with van der Waals surface area (Å²) in [6.45, 7) is 4.65. The first-order valence-corrected chi connectivity index (χ1v) is 6.71. The van der Waals surface area contributed by atoms with E-state index in [1.807, 2.05) is 0 Å². The van der Waals surface area contributed by atoms with E-state index >= 15 is 0 Å². The van der Waals surface area contributed by atoms with Gasteiger partial charge in [-0.3, -0.25) is 0 Å². The Balaban J connectivity index is 2.07. The van der Waals surface area contributed by atoms with Crippen molar-refractivity contribution in [1.82, 2.24) is 5.32 Å². The van der Waals surface area contributed by atoms with Crippen molar-refractivity contribution in [2.45, 2.75) is 19.6 Å². The fourth-order valence-corrected chi connectivity index (χ4v) is 1.78. The second-order valence-corrected chi connectivity index (χ2v) is 4.39. The molecule has 0 heterocycles. The molecule has 0 spiro atoms. The number of nitrogens with one attached hydrogen (secondary N) is 1. The van der Waals surface area contributed by atoms with Gasteiger partial charge in [0, 0.05) is 40.5 Å². The monoisotopic (exact) mass is 267 g/mol. The Labute approximate surface area is 116 Å². The molecule has 1 aromatic carbocycles. The molecular weight excluding hydrogens is 242 g/mol. The molecule has 0 unspecified atom stereocenters. The van der Waals surface area contributed by atoms with Gasteiger partial charge >= 0.3 is 0 Å². The lowest BCUT2D eigenvalue weighted by molar-refractivity contribution is 0.104. The van der Waals surface area contributed by atoms with E-state index in [2.05, 4.69) is 29.6 Å². The van der Waals surface area contributed by atoms with Gasteiger partial charge in [0.05, 0.1) is 13.2 Å². The molecule has 0 bridgehead atoms. The average Bonchev–Trinajstić information content (AvgIpc) is 2.43. The molecule has 0 aliphatic carbocycles. The van der Waals surface area contributed by atoms with Gasteiger partial charge < -0.3 is 19.5 Å². The third kappa shape index (κ3) is 7.95. The van der Waals surface area contributed by atoms with Crippen molar-refractivity contribution in [1.29, 1.82) is 0 Å². The largest absolute Gasteiger partial charge is 0.385 e. The molecule has 108 valence electrons. The predicted octanol–water partition coefficient (Wildman–Crippen LogP) is 1.98. The zero-order chi connectivity index (χ0) is 13.8. The first kappa shape index (κ1) is 16.1. The molecule has 0 saturated heterocycles. The fourth-order valence-electron chi connectivity index (χ4n) is 1.78. The van der Waals surface area contributed by atoms with Crippen LogP contribution in [-0.4, -0.2) is 40.6 Å². The summed E-state index contributed by atoms with van der Waals surface area (Å²) in [5, 5.41) is 3.36. The van der Waals surface area contributed by atoms with Gasteiger partial charge in [-0.25, -0.2) is 0 Å². The van der Waals surface area contributed by atoms with E-state index in [1.165, 1.54) is 11.1 Å². The molecule has 0 radical (unpaired) electrons. The van der Waals surface area contributed by atoms with E-state index in [0.717, 1.165) is 39.3 Å². The van der Waals surface area contributed by atoms with Crippen molar-refractivity contribution in [3.8, 4) is 0 Å². The quantitative estimate of drug-likeness (QED) is 0.622. The van der Waals surface area contributed by atoms with Gasteiger partial charge in [-0.2, -0.15) is 0 Å². The van der Waals surface area contributed by atoms with Crippen LogP contribution in [0.15, 0.2) is 24.3 Å². The second-order valence-electron chi connectivity index (χ2n) is 4.39.